The van der Waals surface area contributed by atoms with E-state index in [0.717, 1.165) is 12.1 Å². The fourth-order valence-electron chi connectivity index (χ4n) is 2.60. The van der Waals surface area contributed by atoms with E-state index < -0.39 is 23.6 Å². The molecule has 162 valence electrons. The predicted molar refractivity (Wildman–Crippen MR) is 121 cm³/mol. The zero-order valence-electron chi connectivity index (χ0n) is 16.8. The minimum Gasteiger partial charge on any atom is -0.422 e. The number of benzene rings is 3. The van der Waals surface area contributed by atoms with E-state index in [4.69, 9.17) is 4.74 Å². The standard InChI is InChI=1S/C23H17BrFN3O4/c1-14(27-28-22(30)21(29)26-16-12-10-15(25)11-13-16)17-6-3-5-9-20(17)32-23(31)18-7-2-4-8-19(18)24/h2-13H,1H3,(H,26,29)(H,28,30)/b27-14+. The summed E-state index contributed by atoms with van der Waals surface area (Å²) in [5.74, 6) is -2.79. The van der Waals surface area contributed by atoms with Crippen LogP contribution in [0.2, 0.25) is 0 Å². The lowest BCUT2D eigenvalue weighted by atomic mass is 10.1. The van der Waals surface area contributed by atoms with E-state index in [9.17, 15) is 18.8 Å². The molecule has 3 aromatic carbocycles. The number of esters is 1. The highest BCUT2D eigenvalue weighted by atomic mass is 79.9. The highest BCUT2D eigenvalue weighted by Gasteiger charge is 2.17. The molecular formula is C23H17BrFN3O4. The number of hydrogen-bond donors (Lipinski definition) is 2. The molecule has 0 bridgehead atoms. The Morgan fingerprint density at radius 1 is 0.875 bits per heavy atom. The van der Waals surface area contributed by atoms with Crippen molar-refractivity contribution in [2.75, 3.05) is 5.32 Å². The number of para-hydroxylation sites is 1. The molecule has 0 spiro atoms. The normalized spacial score (nSPS) is 10.9. The third-order valence-corrected chi connectivity index (χ3v) is 4.90. The summed E-state index contributed by atoms with van der Waals surface area (Å²) in [4.78, 5) is 36.5. The third kappa shape index (κ3) is 5.86. The highest BCUT2D eigenvalue weighted by molar-refractivity contribution is 9.10. The molecule has 0 saturated carbocycles. The van der Waals surface area contributed by atoms with Gasteiger partial charge in [0.05, 0.1) is 11.3 Å². The van der Waals surface area contributed by atoms with Crippen molar-refractivity contribution in [1.82, 2.24) is 5.43 Å². The van der Waals surface area contributed by atoms with Gasteiger partial charge in [-0.1, -0.05) is 24.3 Å². The van der Waals surface area contributed by atoms with Gasteiger partial charge in [0.25, 0.3) is 0 Å². The van der Waals surface area contributed by atoms with Crippen LogP contribution in [0.3, 0.4) is 0 Å². The molecule has 7 nitrogen and oxygen atoms in total. The number of carbonyl (C=O) groups excluding carboxylic acids is 3. The molecule has 0 aliphatic carbocycles. The second kappa shape index (κ2) is 10.5. The second-order valence-corrected chi connectivity index (χ2v) is 7.32. The van der Waals surface area contributed by atoms with Crippen molar-refractivity contribution in [3.63, 3.8) is 0 Å². The molecule has 0 radical (unpaired) electrons. The SMILES string of the molecule is C/C(=N\NC(=O)C(=O)Nc1ccc(F)cc1)c1ccccc1OC(=O)c1ccccc1Br. The number of hydrazone groups is 1. The average Bonchev–Trinajstić information content (AvgIpc) is 2.79. The number of ether oxygens (including phenoxy) is 1. The van der Waals surface area contributed by atoms with Gasteiger partial charge in [0.15, 0.2) is 0 Å². The van der Waals surface area contributed by atoms with E-state index in [-0.39, 0.29) is 11.4 Å². The van der Waals surface area contributed by atoms with Gasteiger partial charge in [-0.25, -0.2) is 14.6 Å². The first-order valence-electron chi connectivity index (χ1n) is 9.32. The molecule has 0 fully saturated rings. The summed E-state index contributed by atoms with van der Waals surface area (Å²) in [5.41, 5.74) is 3.52. The van der Waals surface area contributed by atoms with Crippen molar-refractivity contribution in [2.45, 2.75) is 6.92 Å². The Morgan fingerprint density at radius 2 is 1.50 bits per heavy atom. The summed E-state index contributed by atoms with van der Waals surface area (Å²) in [7, 11) is 0. The maximum Gasteiger partial charge on any atom is 0.344 e. The zero-order chi connectivity index (χ0) is 23.1. The van der Waals surface area contributed by atoms with E-state index in [1.54, 1.807) is 55.5 Å². The van der Waals surface area contributed by atoms with Crippen LogP contribution >= 0.6 is 15.9 Å². The van der Waals surface area contributed by atoms with E-state index in [1.165, 1.54) is 12.1 Å². The van der Waals surface area contributed by atoms with Gasteiger partial charge >= 0.3 is 17.8 Å². The van der Waals surface area contributed by atoms with Gasteiger partial charge in [-0.2, -0.15) is 5.10 Å². The number of hydrogen-bond acceptors (Lipinski definition) is 5. The topological polar surface area (TPSA) is 96.9 Å². The van der Waals surface area contributed by atoms with E-state index in [2.05, 4.69) is 31.8 Å². The van der Waals surface area contributed by atoms with Crippen LogP contribution in [0.1, 0.15) is 22.8 Å². The van der Waals surface area contributed by atoms with Crippen LogP contribution in [0.4, 0.5) is 10.1 Å². The van der Waals surface area contributed by atoms with Crippen LogP contribution < -0.4 is 15.5 Å². The Morgan fingerprint density at radius 3 is 2.19 bits per heavy atom. The smallest absolute Gasteiger partial charge is 0.344 e. The minimum absolute atomic E-state index is 0.236. The molecule has 3 rings (SSSR count). The van der Waals surface area contributed by atoms with Gasteiger partial charge in [0.1, 0.15) is 11.6 Å². The van der Waals surface area contributed by atoms with Crippen molar-refractivity contribution in [3.8, 4) is 5.75 Å². The quantitative estimate of drug-likeness (QED) is 0.180. The first-order valence-corrected chi connectivity index (χ1v) is 10.1. The summed E-state index contributed by atoms with van der Waals surface area (Å²) >= 11 is 3.31. The maximum atomic E-state index is 12.9. The Labute approximate surface area is 191 Å². The number of amides is 2. The molecule has 0 aliphatic heterocycles. The molecule has 32 heavy (non-hydrogen) atoms. The number of nitrogens with zero attached hydrogens (tertiary/aromatic N) is 1. The van der Waals surface area contributed by atoms with Crippen molar-refractivity contribution >= 4 is 45.1 Å². The molecule has 0 heterocycles. The van der Waals surface area contributed by atoms with Crippen molar-refractivity contribution in [2.24, 2.45) is 5.10 Å². The number of anilines is 1. The first-order chi connectivity index (χ1) is 15.3. The second-order valence-electron chi connectivity index (χ2n) is 6.46. The fraction of sp³-hybridized carbons (Fsp3) is 0.0435. The van der Waals surface area contributed by atoms with E-state index in [0.29, 0.717) is 21.3 Å². The minimum atomic E-state index is -1.02. The first kappa shape index (κ1) is 22.8. The molecule has 2 N–H and O–H groups in total. The number of carbonyl (C=O) groups is 3. The lowest BCUT2D eigenvalue weighted by Gasteiger charge is -2.11. The predicted octanol–water partition coefficient (Wildman–Crippen LogP) is 4.29. The summed E-state index contributed by atoms with van der Waals surface area (Å²) in [5, 5.41) is 6.26. The monoisotopic (exact) mass is 497 g/mol. The summed E-state index contributed by atoms with van der Waals surface area (Å²) in [6.07, 6.45) is 0. The van der Waals surface area contributed by atoms with Crippen molar-refractivity contribution in [3.05, 3.63) is 94.2 Å². The molecule has 9 heteroatoms. The van der Waals surface area contributed by atoms with Crippen LogP contribution in [-0.4, -0.2) is 23.5 Å². The van der Waals surface area contributed by atoms with Crippen LogP contribution in [0.5, 0.6) is 5.75 Å². The summed E-state index contributed by atoms with van der Waals surface area (Å²) in [6.45, 7) is 1.59. The van der Waals surface area contributed by atoms with Gasteiger partial charge in [-0.15, -0.1) is 0 Å². The Balaban J connectivity index is 1.69. The fourth-order valence-corrected chi connectivity index (χ4v) is 3.05. The van der Waals surface area contributed by atoms with Gasteiger partial charge in [0, 0.05) is 15.7 Å². The zero-order valence-corrected chi connectivity index (χ0v) is 18.4. The Hall–Kier alpha value is -3.85. The molecule has 2 amide bonds. The Kier molecular flexibility index (Phi) is 7.45. The van der Waals surface area contributed by atoms with Crippen LogP contribution in [0, 0.1) is 5.82 Å². The lowest BCUT2D eigenvalue weighted by molar-refractivity contribution is -0.136. The molecule has 3 aromatic rings. The van der Waals surface area contributed by atoms with Crippen LogP contribution in [0.15, 0.2) is 82.4 Å². The number of nitrogens with one attached hydrogen (secondary N) is 2. The van der Waals surface area contributed by atoms with Gasteiger partial charge in [-0.3, -0.25) is 9.59 Å². The molecule has 0 aliphatic rings. The van der Waals surface area contributed by atoms with Crippen molar-refractivity contribution < 1.29 is 23.5 Å². The molecule has 0 atom stereocenters. The lowest BCUT2D eigenvalue weighted by Crippen LogP contribution is -2.33. The van der Waals surface area contributed by atoms with Crippen LogP contribution in [0.25, 0.3) is 0 Å². The molecule has 0 saturated heterocycles. The van der Waals surface area contributed by atoms with Gasteiger partial charge in [0.2, 0.25) is 0 Å². The summed E-state index contributed by atoms with van der Waals surface area (Å²) in [6, 6.07) is 18.4. The van der Waals surface area contributed by atoms with Crippen LogP contribution in [-0.2, 0) is 9.59 Å². The van der Waals surface area contributed by atoms with E-state index >= 15 is 0 Å². The van der Waals surface area contributed by atoms with Gasteiger partial charge in [-0.05, 0) is 71.4 Å². The third-order valence-electron chi connectivity index (χ3n) is 4.21. The molecular weight excluding hydrogens is 481 g/mol. The number of halogens is 2. The van der Waals surface area contributed by atoms with Gasteiger partial charge < -0.3 is 10.1 Å². The summed E-state index contributed by atoms with van der Waals surface area (Å²) < 4.78 is 19.0. The van der Waals surface area contributed by atoms with Crippen molar-refractivity contribution in [1.29, 1.82) is 0 Å². The molecule has 0 unspecified atom stereocenters. The number of rotatable bonds is 5. The molecule has 0 aromatic heterocycles. The highest BCUT2D eigenvalue weighted by Crippen LogP contribution is 2.23. The maximum absolute atomic E-state index is 12.9. The Bertz CT molecular complexity index is 1200. The van der Waals surface area contributed by atoms with E-state index in [1.807, 2.05) is 0 Å². The average molecular weight is 498 g/mol. The largest absolute Gasteiger partial charge is 0.422 e.